The van der Waals surface area contributed by atoms with Gasteiger partial charge in [0, 0.05) is 19.1 Å². The lowest BCUT2D eigenvalue weighted by atomic mass is 10.1. The van der Waals surface area contributed by atoms with Crippen LogP contribution in [0.3, 0.4) is 0 Å². The highest BCUT2D eigenvalue weighted by Gasteiger charge is 2.29. The molecule has 0 unspecified atom stereocenters. The molecule has 0 bridgehead atoms. The van der Waals surface area contributed by atoms with Crippen molar-refractivity contribution in [3.05, 3.63) is 0 Å². The topological polar surface area (TPSA) is 15.3 Å². The fraction of sp³-hybridized carbons (Fsp3) is 0.800. The van der Waals surface area contributed by atoms with Crippen LogP contribution in [0.5, 0.6) is 0 Å². The van der Waals surface area contributed by atoms with Crippen molar-refractivity contribution in [2.75, 3.05) is 26.2 Å². The van der Waals surface area contributed by atoms with Gasteiger partial charge in [0.25, 0.3) is 0 Å². The van der Waals surface area contributed by atoms with Crippen LogP contribution < -0.4 is 5.32 Å². The summed E-state index contributed by atoms with van der Waals surface area (Å²) in [4.78, 5) is 2.08. The van der Waals surface area contributed by atoms with Crippen molar-refractivity contribution in [3.8, 4) is 12.3 Å². The quantitative estimate of drug-likeness (QED) is 0.720. The molecule has 0 aromatic heterocycles. The summed E-state index contributed by atoms with van der Waals surface area (Å²) in [7, 11) is 0. The Morgan fingerprint density at radius 1 is 1.33 bits per heavy atom. The zero-order valence-corrected chi connectivity index (χ0v) is 8.48. The summed E-state index contributed by atoms with van der Waals surface area (Å²) >= 11 is 0. The summed E-state index contributed by atoms with van der Waals surface area (Å²) in [6.45, 7) is 1.25. The van der Waals surface area contributed by atoms with Crippen LogP contribution in [0.1, 0.15) is 12.8 Å². The molecule has 1 fully saturated rings. The molecule has 1 N–H and O–H groups in total. The van der Waals surface area contributed by atoms with E-state index >= 15 is 0 Å². The van der Waals surface area contributed by atoms with Crippen LogP contribution in [-0.4, -0.2) is 43.3 Å². The van der Waals surface area contributed by atoms with E-state index in [4.69, 9.17) is 6.42 Å². The number of hydrogen-bond acceptors (Lipinski definition) is 2. The van der Waals surface area contributed by atoms with E-state index in [1.165, 1.54) is 0 Å². The fourth-order valence-electron chi connectivity index (χ4n) is 1.68. The lowest BCUT2D eigenvalue weighted by molar-refractivity contribution is -0.126. The maximum Gasteiger partial charge on any atom is 0.401 e. The van der Waals surface area contributed by atoms with Crippen LogP contribution in [0.2, 0.25) is 0 Å². The van der Waals surface area contributed by atoms with Crippen molar-refractivity contribution >= 4 is 0 Å². The van der Waals surface area contributed by atoms with Gasteiger partial charge < -0.3 is 5.32 Å². The van der Waals surface area contributed by atoms with Crippen molar-refractivity contribution in [1.82, 2.24) is 10.2 Å². The smallest absolute Gasteiger partial charge is 0.306 e. The van der Waals surface area contributed by atoms with Crippen LogP contribution >= 0.6 is 0 Å². The monoisotopic (exact) mass is 220 g/mol. The van der Waals surface area contributed by atoms with E-state index < -0.39 is 12.7 Å². The molecule has 0 saturated carbocycles. The van der Waals surface area contributed by atoms with Crippen LogP contribution in [0.4, 0.5) is 13.2 Å². The molecule has 1 heterocycles. The van der Waals surface area contributed by atoms with Crippen molar-refractivity contribution in [2.45, 2.75) is 25.1 Å². The Morgan fingerprint density at radius 2 is 1.93 bits per heavy atom. The number of rotatable bonds is 3. The minimum atomic E-state index is -4.12. The molecule has 1 saturated heterocycles. The molecule has 2 nitrogen and oxygen atoms in total. The van der Waals surface area contributed by atoms with Gasteiger partial charge in [0.1, 0.15) is 0 Å². The summed E-state index contributed by atoms with van der Waals surface area (Å²) in [5, 5.41) is 2.52. The predicted molar refractivity (Wildman–Crippen MR) is 52.4 cm³/mol. The lowest BCUT2D eigenvalue weighted by Crippen LogP contribution is -2.45. The molecule has 0 aromatic carbocycles. The van der Waals surface area contributed by atoms with Crippen LogP contribution in [0.25, 0.3) is 0 Å². The SMILES string of the molecule is C#CCN1CCC(NCC(F)(F)F)CC1. The van der Waals surface area contributed by atoms with E-state index in [0.717, 1.165) is 25.9 Å². The van der Waals surface area contributed by atoms with Gasteiger partial charge >= 0.3 is 6.18 Å². The van der Waals surface area contributed by atoms with E-state index in [0.29, 0.717) is 6.54 Å². The average molecular weight is 220 g/mol. The van der Waals surface area contributed by atoms with Crippen LogP contribution in [0, 0.1) is 12.3 Å². The molecule has 0 aliphatic carbocycles. The summed E-state index contributed by atoms with van der Waals surface area (Å²) in [5.41, 5.74) is 0. The van der Waals surface area contributed by atoms with E-state index in [1.54, 1.807) is 0 Å². The zero-order valence-electron chi connectivity index (χ0n) is 8.48. The first kappa shape index (κ1) is 12.3. The molecule has 0 spiro atoms. The Labute approximate surface area is 87.8 Å². The maximum absolute atomic E-state index is 11.9. The Balaban J connectivity index is 2.18. The number of alkyl halides is 3. The second-order valence-corrected chi connectivity index (χ2v) is 3.75. The molecule has 5 heteroatoms. The largest absolute Gasteiger partial charge is 0.401 e. The third kappa shape index (κ3) is 5.05. The maximum atomic E-state index is 11.9. The Kier molecular flexibility index (Phi) is 4.43. The number of hydrogen-bond donors (Lipinski definition) is 1. The lowest BCUT2D eigenvalue weighted by Gasteiger charge is -2.31. The second-order valence-electron chi connectivity index (χ2n) is 3.75. The standard InChI is InChI=1S/C10H15F3N2/c1-2-5-15-6-3-9(4-7-15)14-8-10(11,12)13/h1,9,14H,3-8H2. The number of likely N-dealkylation sites (tertiary alicyclic amines) is 1. The molecular weight excluding hydrogens is 205 g/mol. The van der Waals surface area contributed by atoms with Gasteiger partial charge in [0.05, 0.1) is 13.1 Å². The molecule has 1 rings (SSSR count). The van der Waals surface area contributed by atoms with Gasteiger partial charge in [-0.3, -0.25) is 4.90 Å². The fourth-order valence-corrected chi connectivity index (χ4v) is 1.68. The molecule has 1 aliphatic heterocycles. The van der Waals surface area contributed by atoms with E-state index in [2.05, 4.69) is 16.1 Å². The van der Waals surface area contributed by atoms with Gasteiger partial charge in [-0.25, -0.2) is 0 Å². The van der Waals surface area contributed by atoms with Crippen molar-refractivity contribution in [1.29, 1.82) is 0 Å². The predicted octanol–water partition coefficient (Wildman–Crippen LogP) is 1.24. The first-order chi connectivity index (χ1) is 7.01. The minimum Gasteiger partial charge on any atom is -0.306 e. The van der Waals surface area contributed by atoms with Gasteiger partial charge in [-0.2, -0.15) is 13.2 Å². The summed E-state index contributed by atoms with van der Waals surface area (Å²) < 4.78 is 35.7. The number of nitrogens with one attached hydrogen (secondary N) is 1. The third-order valence-corrected chi connectivity index (χ3v) is 2.49. The normalized spacial score (nSPS) is 20.1. The number of piperidine rings is 1. The number of nitrogens with zero attached hydrogens (tertiary/aromatic N) is 1. The highest BCUT2D eigenvalue weighted by Crippen LogP contribution is 2.15. The van der Waals surface area contributed by atoms with Gasteiger partial charge in [0.2, 0.25) is 0 Å². The van der Waals surface area contributed by atoms with Gasteiger partial charge in [-0.05, 0) is 12.8 Å². The summed E-state index contributed by atoms with van der Waals surface area (Å²) in [6, 6.07) is -0.0272. The minimum absolute atomic E-state index is 0.0272. The Morgan fingerprint density at radius 3 is 2.40 bits per heavy atom. The summed E-state index contributed by atoms with van der Waals surface area (Å²) in [6.07, 6.45) is 2.51. The van der Waals surface area contributed by atoms with Gasteiger partial charge in [0.15, 0.2) is 0 Å². The molecule has 0 aromatic rings. The van der Waals surface area contributed by atoms with Crippen molar-refractivity contribution in [2.24, 2.45) is 0 Å². The Bertz CT molecular complexity index is 224. The van der Waals surface area contributed by atoms with Crippen molar-refractivity contribution in [3.63, 3.8) is 0 Å². The molecule has 15 heavy (non-hydrogen) atoms. The van der Waals surface area contributed by atoms with E-state index in [1.807, 2.05) is 0 Å². The van der Waals surface area contributed by atoms with Crippen molar-refractivity contribution < 1.29 is 13.2 Å². The van der Waals surface area contributed by atoms with E-state index in [9.17, 15) is 13.2 Å². The molecule has 1 aliphatic rings. The first-order valence-electron chi connectivity index (χ1n) is 4.97. The summed E-state index contributed by atoms with van der Waals surface area (Å²) in [5.74, 6) is 2.53. The average Bonchev–Trinajstić information content (AvgIpc) is 2.16. The number of halogens is 3. The molecular formula is C10H15F3N2. The first-order valence-corrected chi connectivity index (χ1v) is 4.97. The van der Waals surface area contributed by atoms with Crippen LogP contribution in [0.15, 0.2) is 0 Å². The molecule has 0 radical (unpaired) electrons. The van der Waals surface area contributed by atoms with Gasteiger partial charge in [-0.1, -0.05) is 5.92 Å². The highest BCUT2D eigenvalue weighted by atomic mass is 19.4. The van der Waals surface area contributed by atoms with Gasteiger partial charge in [-0.15, -0.1) is 6.42 Å². The molecule has 86 valence electrons. The molecule has 0 amide bonds. The van der Waals surface area contributed by atoms with E-state index in [-0.39, 0.29) is 6.04 Å². The second kappa shape index (κ2) is 5.38. The highest BCUT2D eigenvalue weighted by molar-refractivity contribution is 4.90. The molecule has 0 atom stereocenters. The number of terminal acetylenes is 1. The Hall–Kier alpha value is -0.730. The van der Waals surface area contributed by atoms with Crippen LogP contribution in [-0.2, 0) is 0 Å². The zero-order chi connectivity index (χ0) is 11.3. The third-order valence-electron chi connectivity index (χ3n) is 2.49.